The Kier molecular flexibility index (Phi) is 2.05. The fourth-order valence-corrected chi connectivity index (χ4v) is 4.38. The highest BCUT2D eigenvalue weighted by Gasteiger charge is 2.62. The second kappa shape index (κ2) is 3.02. The molecule has 15 heavy (non-hydrogen) atoms. The Morgan fingerprint density at radius 2 is 1.87 bits per heavy atom. The Balaban J connectivity index is 1.57. The standard InChI is InChI=1S/C15H26/c1-9(2)11-7-12(11)13-8-14(13)15(4)6-5-10(15)3/h9-14H,5-8H2,1-4H3. The van der Waals surface area contributed by atoms with Crippen molar-refractivity contribution in [3.8, 4) is 0 Å². The second-order valence-electron chi connectivity index (χ2n) is 7.26. The Labute approximate surface area is 94.8 Å². The molecule has 0 bridgehead atoms. The van der Waals surface area contributed by atoms with Gasteiger partial charge in [-0.3, -0.25) is 0 Å². The van der Waals surface area contributed by atoms with Gasteiger partial charge in [0.2, 0.25) is 0 Å². The molecule has 86 valence electrons. The molecule has 0 radical (unpaired) electrons. The average Bonchev–Trinajstić information content (AvgIpc) is 3.00. The van der Waals surface area contributed by atoms with Gasteiger partial charge in [-0.2, -0.15) is 0 Å². The lowest BCUT2D eigenvalue weighted by atomic mass is 9.59. The molecule has 6 unspecified atom stereocenters. The smallest absolute Gasteiger partial charge is 0.0269 e. The van der Waals surface area contributed by atoms with E-state index in [2.05, 4.69) is 27.7 Å². The maximum atomic E-state index is 2.57. The van der Waals surface area contributed by atoms with Crippen molar-refractivity contribution in [3.63, 3.8) is 0 Å². The SMILES string of the molecule is CC(C)C1CC1C1CC1C1(C)CCC1C. The maximum Gasteiger partial charge on any atom is -0.0269 e. The van der Waals surface area contributed by atoms with E-state index in [-0.39, 0.29) is 0 Å². The van der Waals surface area contributed by atoms with Gasteiger partial charge in [0.15, 0.2) is 0 Å². The first kappa shape index (κ1) is 10.2. The van der Waals surface area contributed by atoms with Crippen molar-refractivity contribution < 1.29 is 0 Å². The van der Waals surface area contributed by atoms with Gasteiger partial charge < -0.3 is 0 Å². The molecule has 3 aliphatic carbocycles. The normalized spacial score (nSPS) is 57.8. The highest BCUT2D eigenvalue weighted by molar-refractivity contribution is 5.10. The molecule has 0 heteroatoms. The first-order valence-corrected chi connectivity index (χ1v) is 7.04. The van der Waals surface area contributed by atoms with Crippen LogP contribution in [0.4, 0.5) is 0 Å². The molecule has 3 fully saturated rings. The van der Waals surface area contributed by atoms with E-state index in [9.17, 15) is 0 Å². The molecule has 0 aliphatic heterocycles. The van der Waals surface area contributed by atoms with Crippen molar-refractivity contribution in [2.45, 2.75) is 53.4 Å². The van der Waals surface area contributed by atoms with Gasteiger partial charge in [-0.1, -0.05) is 27.7 Å². The monoisotopic (exact) mass is 206 g/mol. The molecule has 0 aromatic heterocycles. The third kappa shape index (κ3) is 1.40. The van der Waals surface area contributed by atoms with E-state index < -0.39 is 0 Å². The topological polar surface area (TPSA) is 0 Å². The molecule has 3 aliphatic rings. The minimum absolute atomic E-state index is 0.759. The molecule has 3 saturated carbocycles. The number of rotatable bonds is 3. The van der Waals surface area contributed by atoms with Gasteiger partial charge in [-0.05, 0) is 66.6 Å². The third-order valence-corrected chi connectivity index (χ3v) is 6.23. The van der Waals surface area contributed by atoms with Crippen LogP contribution in [0.1, 0.15) is 53.4 Å². The molecule has 0 aromatic carbocycles. The molecule has 0 saturated heterocycles. The van der Waals surface area contributed by atoms with Crippen molar-refractivity contribution in [3.05, 3.63) is 0 Å². The largest absolute Gasteiger partial charge is 0.0625 e. The fraction of sp³-hybridized carbons (Fsp3) is 1.00. The summed E-state index contributed by atoms with van der Waals surface area (Å²) < 4.78 is 0. The van der Waals surface area contributed by atoms with E-state index in [1.165, 1.54) is 12.8 Å². The summed E-state index contributed by atoms with van der Waals surface area (Å²) in [4.78, 5) is 0. The van der Waals surface area contributed by atoms with Crippen molar-refractivity contribution >= 4 is 0 Å². The van der Waals surface area contributed by atoms with Crippen LogP contribution in [0.3, 0.4) is 0 Å². The number of hydrogen-bond donors (Lipinski definition) is 0. The van der Waals surface area contributed by atoms with Gasteiger partial charge in [-0.25, -0.2) is 0 Å². The van der Waals surface area contributed by atoms with Crippen LogP contribution >= 0.6 is 0 Å². The zero-order valence-electron chi connectivity index (χ0n) is 10.8. The molecular weight excluding hydrogens is 180 g/mol. The number of hydrogen-bond acceptors (Lipinski definition) is 0. The van der Waals surface area contributed by atoms with Gasteiger partial charge >= 0.3 is 0 Å². The molecular formula is C15H26. The van der Waals surface area contributed by atoms with Crippen LogP contribution in [0.2, 0.25) is 0 Å². The molecule has 6 atom stereocenters. The molecule has 3 rings (SSSR count). The predicted octanol–water partition coefficient (Wildman–Crippen LogP) is 4.35. The molecule has 0 heterocycles. The second-order valence-corrected chi connectivity index (χ2v) is 7.26. The first-order valence-electron chi connectivity index (χ1n) is 7.04. The van der Waals surface area contributed by atoms with Gasteiger partial charge in [0, 0.05) is 0 Å². The summed E-state index contributed by atoms with van der Waals surface area (Å²) in [7, 11) is 0. The fourth-order valence-electron chi connectivity index (χ4n) is 4.38. The molecule has 0 spiro atoms. The van der Waals surface area contributed by atoms with E-state index in [1.54, 1.807) is 12.8 Å². The van der Waals surface area contributed by atoms with Crippen molar-refractivity contribution in [1.82, 2.24) is 0 Å². The van der Waals surface area contributed by atoms with E-state index in [0.717, 1.165) is 40.9 Å². The highest BCUT2D eigenvalue weighted by atomic mass is 14.7. The van der Waals surface area contributed by atoms with E-state index >= 15 is 0 Å². The maximum absolute atomic E-state index is 2.57. The minimum atomic E-state index is 0.759. The van der Waals surface area contributed by atoms with Gasteiger partial charge in [0.25, 0.3) is 0 Å². The lowest BCUT2D eigenvalue weighted by molar-refractivity contribution is 0.0316. The zero-order valence-corrected chi connectivity index (χ0v) is 10.8. The summed E-state index contributed by atoms with van der Waals surface area (Å²) in [5.41, 5.74) is 0.759. The van der Waals surface area contributed by atoms with E-state index in [4.69, 9.17) is 0 Å². The van der Waals surface area contributed by atoms with Crippen LogP contribution in [0.25, 0.3) is 0 Å². The lowest BCUT2D eigenvalue weighted by Crippen LogP contribution is -2.38. The summed E-state index contributed by atoms with van der Waals surface area (Å²) in [6.45, 7) is 9.87. The van der Waals surface area contributed by atoms with Crippen LogP contribution in [-0.2, 0) is 0 Å². The van der Waals surface area contributed by atoms with Crippen LogP contribution in [-0.4, -0.2) is 0 Å². The van der Waals surface area contributed by atoms with Gasteiger partial charge in [0.05, 0.1) is 0 Å². The quantitative estimate of drug-likeness (QED) is 0.644. The van der Waals surface area contributed by atoms with Gasteiger partial charge in [-0.15, -0.1) is 0 Å². The van der Waals surface area contributed by atoms with Crippen LogP contribution in [0, 0.1) is 40.9 Å². The summed E-state index contributed by atoms with van der Waals surface area (Å²) in [5, 5.41) is 0. The van der Waals surface area contributed by atoms with Gasteiger partial charge in [0.1, 0.15) is 0 Å². The molecule has 0 nitrogen and oxygen atoms in total. The van der Waals surface area contributed by atoms with Crippen LogP contribution in [0.5, 0.6) is 0 Å². The Morgan fingerprint density at radius 3 is 2.27 bits per heavy atom. The Morgan fingerprint density at radius 1 is 1.13 bits per heavy atom. The highest BCUT2D eigenvalue weighted by Crippen LogP contribution is 2.69. The summed E-state index contributed by atoms with van der Waals surface area (Å²) >= 11 is 0. The summed E-state index contributed by atoms with van der Waals surface area (Å²) in [5.74, 6) is 6.46. The molecule has 0 amide bonds. The van der Waals surface area contributed by atoms with Crippen molar-refractivity contribution in [2.24, 2.45) is 40.9 Å². The molecule has 0 N–H and O–H groups in total. The molecule has 0 aromatic rings. The van der Waals surface area contributed by atoms with Crippen LogP contribution in [0.15, 0.2) is 0 Å². The lowest BCUT2D eigenvalue weighted by Gasteiger charge is -2.46. The van der Waals surface area contributed by atoms with E-state index in [0.29, 0.717) is 0 Å². The zero-order chi connectivity index (χ0) is 10.8. The summed E-state index contributed by atoms with van der Waals surface area (Å²) in [6, 6.07) is 0. The van der Waals surface area contributed by atoms with Crippen molar-refractivity contribution in [2.75, 3.05) is 0 Å². The predicted molar refractivity (Wildman–Crippen MR) is 64.5 cm³/mol. The average molecular weight is 206 g/mol. The van der Waals surface area contributed by atoms with Crippen LogP contribution < -0.4 is 0 Å². The van der Waals surface area contributed by atoms with E-state index in [1.807, 2.05) is 0 Å². The third-order valence-electron chi connectivity index (χ3n) is 6.23. The Hall–Kier alpha value is 0. The Bertz CT molecular complexity index is 267. The van der Waals surface area contributed by atoms with Crippen molar-refractivity contribution in [1.29, 1.82) is 0 Å². The summed E-state index contributed by atoms with van der Waals surface area (Å²) in [6.07, 6.45) is 6.16. The minimum Gasteiger partial charge on any atom is -0.0625 e. The first-order chi connectivity index (χ1) is 7.04.